The van der Waals surface area contributed by atoms with E-state index in [0.29, 0.717) is 5.56 Å². The van der Waals surface area contributed by atoms with Crippen LogP contribution in [0, 0.1) is 0 Å². The minimum Gasteiger partial charge on any atom is -0.395 e. The summed E-state index contributed by atoms with van der Waals surface area (Å²) in [6.07, 6.45) is 3.51. The SMILES string of the molecule is CN(CCO)CCC1(c2ccc(C(N)=O)cc2)CC1. The van der Waals surface area contributed by atoms with Crippen LogP contribution >= 0.6 is 0 Å². The molecule has 0 saturated heterocycles. The number of nitrogens with zero attached hydrogens (tertiary/aromatic N) is 1. The van der Waals surface area contributed by atoms with Gasteiger partial charge in [0.2, 0.25) is 5.91 Å². The van der Waals surface area contributed by atoms with Crippen LogP contribution < -0.4 is 5.73 Å². The fraction of sp³-hybridized carbons (Fsp3) is 0.533. The van der Waals surface area contributed by atoms with Crippen molar-refractivity contribution in [2.75, 3.05) is 26.7 Å². The molecule has 2 rings (SSSR count). The number of hydrogen-bond donors (Lipinski definition) is 2. The van der Waals surface area contributed by atoms with Gasteiger partial charge in [0.1, 0.15) is 0 Å². The maximum atomic E-state index is 11.1. The number of aliphatic hydroxyl groups is 1. The number of primary amides is 1. The molecule has 0 radical (unpaired) electrons. The first-order valence-corrected chi connectivity index (χ1v) is 6.77. The van der Waals surface area contributed by atoms with E-state index < -0.39 is 0 Å². The van der Waals surface area contributed by atoms with Gasteiger partial charge < -0.3 is 15.7 Å². The molecule has 1 fully saturated rings. The molecule has 1 aliphatic carbocycles. The van der Waals surface area contributed by atoms with Crippen molar-refractivity contribution in [3.8, 4) is 0 Å². The average molecular weight is 262 g/mol. The summed E-state index contributed by atoms with van der Waals surface area (Å²) in [6.45, 7) is 1.91. The van der Waals surface area contributed by atoms with E-state index in [0.717, 1.165) is 19.5 Å². The summed E-state index contributed by atoms with van der Waals surface area (Å²) in [5, 5.41) is 8.90. The minimum absolute atomic E-state index is 0.205. The number of likely N-dealkylation sites (N-methyl/N-ethyl adjacent to an activating group) is 1. The molecule has 1 saturated carbocycles. The lowest BCUT2D eigenvalue weighted by molar-refractivity contribution is 0.100. The van der Waals surface area contributed by atoms with Gasteiger partial charge in [-0.15, -0.1) is 0 Å². The highest BCUT2D eigenvalue weighted by Crippen LogP contribution is 2.51. The molecule has 4 heteroatoms. The van der Waals surface area contributed by atoms with Crippen LogP contribution in [0.1, 0.15) is 35.2 Å². The summed E-state index contributed by atoms with van der Waals surface area (Å²) in [7, 11) is 2.03. The van der Waals surface area contributed by atoms with Crippen molar-refractivity contribution in [1.29, 1.82) is 0 Å². The van der Waals surface area contributed by atoms with Gasteiger partial charge in [-0.3, -0.25) is 4.79 Å². The molecule has 0 unspecified atom stereocenters. The molecule has 1 amide bonds. The molecule has 0 heterocycles. The van der Waals surface area contributed by atoms with Crippen LogP contribution in [0.15, 0.2) is 24.3 Å². The fourth-order valence-electron chi connectivity index (χ4n) is 2.51. The molecule has 3 N–H and O–H groups in total. The second-order valence-corrected chi connectivity index (χ2v) is 5.50. The highest BCUT2D eigenvalue weighted by molar-refractivity contribution is 5.92. The zero-order chi connectivity index (χ0) is 13.9. The summed E-state index contributed by atoms with van der Waals surface area (Å²) >= 11 is 0. The number of aliphatic hydroxyl groups excluding tert-OH is 1. The number of amides is 1. The third-order valence-corrected chi connectivity index (χ3v) is 4.09. The van der Waals surface area contributed by atoms with Crippen LogP contribution in [-0.4, -0.2) is 42.7 Å². The number of nitrogens with two attached hydrogens (primary N) is 1. The third kappa shape index (κ3) is 3.33. The van der Waals surface area contributed by atoms with E-state index in [1.807, 2.05) is 31.3 Å². The second kappa shape index (κ2) is 5.72. The maximum absolute atomic E-state index is 11.1. The number of carbonyl (C=O) groups excluding carboxylic acids is 1. The molecular weight excluding hydrogens is 240 g/mol. The molecular formula is C15H22N2O2. The Balaban J connectivity index is 1.98. The fourth-order valence-corrected chi connectivity index (χ4v) is 2.51. The molecule has 0 atom stereocenters. The molecule has 0 aliphatic heterocycles. The number of carbonyl (C=O) groups is 1. The topological polar surface area (TPSA) is 66.6 Å². The highest BCUT2D eigenvalue weighted by Gasteiger charge is 2.43. The van der Waals surface area contributed by atoms with E-state index in [9.17, 15) is 4.79 Å². The normalized spacial score (nSPS) is 16.6. The molecule has 1 aromatic carbocycles. The Kier molecular flexibility index (Phi) is 4.22. The molecule has 19 heavy (non-hydrogen) atoms. The largest absolute Gasteiger partial charge is 0.395 e. The van der Waals surface area contributed by atoms with Crippen LogP contribution in [0.3, 0.4) is 0 Å². The molecule has 1 aliphatic rings. The Labute approximate surface area is 114 Å². The summed E-state index contributed by atoms with van der Waals surface area (Å²) in [4.78, 5) is 13.2. The van der Waals surface area contributed by atoms with Crippen molar-refractivity contribution in [3.63, 3.8) is 0 Å². The summed E-state index contributed by atoms with van der Waals surface area (Å²) in [6, 6.07) is 7.68. The molecule has 1 aromatic rings. The van der Waals surface area contributed by atoms with Crippen LogP contribution in [0.2, 0.25) is 0 Å². The van der Waals surface area contributed by atoms with E-state index >= 15 is 0 Å². The monoisotopic (exact) mass is 262 g/mol. The van der Waals surface area contributed by atoms with Crippen molar-refractivity contribution in [2.45, 2.75) is 24.7 Å². The molecule has 0 spiro atoms. The van der Waals surface area contributed by atoms with Crippen LogP contribution in [0.4, 0.5) is 0 Å². The van der Waals surface area contributed by atoms with Gasteiger partial charge in [-0.05, 0) is 56.0 Å². The number of benzene rings is 1. The molecule has 0 aromatic heterocycles. The van der Waals surface area contributed by atoms with Crippen molar-refractivity contribution >= 4 is 5.91 Å². The molecule has 0 bridgehead atoms. The van der Waals surface area contributed by atoms with E-state index in [1.54, 1.807) is 0 Å². The van der Waals surface area contributed by atoms with E-state index in [1.165, 1.54) is 18.4 Å². The predicted molar refractivity (Wildman–Crippen MR) is 75.1 cm³/mol. The zero-order valence-corrected chi connectivity index (χ0v) is 11.4. The zero-order valence-electron chi connectivity index (χ0n) is 11.4. The quantitative estimate of drug-likeness (QED) is 0.774. The Morgan fingerprint density at radius 1 is 1.32 bits per heavy atom. The first kappa shape index (κ1) is 14.0. The predicted octanol–water partition coefficient (Wildman–Crippen LogP) is 1.13. The molecule has 4 nitrogen and oxygen atoms in total. The van der Waals surface area contributed by atoms with Crippen molar-refractivity contribution in [2.24, 2.45) is 5.73 Å². The smallest absolute Gasteiger partial charge is 0.248 e. The van der Waals surface area contributed by atoms with E-state index in [4.69, 9.17) is 10.8 Å². The van der Waals surface area contributed by atoms with Crippen LogP contribution in [0.5, 0.6) is 0 Å². The van der Waals surface area contributed by atoms with E-state index in [2.05, 4.69) is 4.90 Å². The van der Waals surface area contributed by atoms with Crippen LogP contribution in [-0.2, 0) is 5.41 Å². The van der Waals surface area contributed by atoms with E-state index in [-0.39, 0.29) is 17.9 Å². The standard InChI is InChI=1S/C15H22N2O2/c1-17(10-11-18)9-8-15(6-7-15)13-4-2-12(3-5-13)14(16)19/h2-5,18H,6-11H2,1H3,(H2,16,19). The number of rotatable bonds is 7. The van der Waals surface area contributed by atoms with Gasteiger partial charge in [-0.1, -0.05) is 12.1 Å². The van der Waals surface area contributed by atoms with Gasteiger partial charge in [0.05, 0.1) is 6.61 Å². The third-order valence-electron chi connectivity index (χ3n) is 4.09. The Bertz CT molecular complexity index is 438. The van der Waals surface area contributed by atoms with Crippen molar-refractivity contribution in [1.82, 2.24) is 4.90 Å². The summed E-state index contributed by atoms with van der Waals surface area (Å²) < 4.78 is 0. The van der Waals surface area contributed by atoms with Gasteiger partial charge in [-0.2, -0.15) is 0 Å². The Morgan fingerprint density at radius 3 is 2.42 bits per heavy atom. The van der Waals surface area contributed by atoms with Gasteiger partial charge in [-0.25, -0.2) is 0 Å². The van der Waals surface area contributed by atoms with Gasteiger partial charge in [0.25, 0.3) is 0 Å². The first-order valence-electron chi connectivity index (χ1n) is 6.77. The lowest BCUT2D eigenvalue weighted by Crippen LogP contribution is -2.26. The second-order valence-electron chi connectivity index (χ2n) is 5.50. The highest BCUT2D eigenvalue weighted by atomic mass is 16.3. The van der Waals surface area contributed by atoms with Crippen LogP contribution in [0.25, 0.3) is 0 Å². The van der Waals surface area contributed by atoms with Gasteiger partial charge in [0.15, 0.2) is 0 Å². The van der Waals surface area contributed by atoms with Gasteiger partial charge in [0, 0.05) is 12.1 Å². The summed E-state index contributed by atoms with van der Waals surface area (Å²) in [5.74, 6) is -0.376. The first-order chi connectivity index (χ1) is 9.07. The van der Waals surface area contributed by atoms with Gasteiger partial charge >= 0.3 is 0 Å². The average Bonchev–Trinajstić information content (AvgIpc) is 3.18. The maximum Gasteiger partial charge on any atom is 0.248 e. The number of hydrogen-bond acceptors (Lipinski definition) is 3. The Hall–Kier alpha value is -1.39. The van der Waals surface area contributed by atoms with Crippen molar-refractivity contribution in [3.05, 3.63) is 35.4 Å². The Morgan fingerprint density at radius 2 is 1.95 bits per heavy atom. The molecule has 104 valence electrons. The van der Waals surface area contributed by atoms with Crippen molar-refractivity contribution < 1.29 is 9.90 Å². The lowest BCUT2D eigenvalue weighted by atomic mass is 9.91. The summed E-state index contributed by atoms with van der Waals surface area (Å²) in [5.41, 5.74) is 7.40. The minimum atomic E-state index is -0.376. The lowest BCUT2D eigenvalue weighted by Gasteiger charge is -2.21.